The number of alkyl halides is 3. The van der Waals surface area contributed by atoms with Crippen molar-refractivity contribution >= 4 is 17.0 Å². The number of carboxylic acids is 1. The summed E-state index contributed by atoms with van der Waals surface area (Å²) in [4.78, 5) is 19.8. The lowest BCUT2D eigenvalue weighted by Gasteiger charge is -2.11. The fraction of sp³-hybridized carbons (Fsp3) is 0.211. The Morgan fingerprint density at radius 3 is 2.35 bits per heavy atom. The van der Waals surface area contributed by atoms with E-state index in [1.807, 2.05) is 6.07 Å². The van der Waals surface area contributed by atoms with Crippen LogP contribution < -0.4 is 0 Å². The van der Waals surface area contributed by atoms with Gasteiger partial charge in [0.1, 0.15) is 0 Å². The van der Waals surface area contributed by atoms with Gasteiger partial charge in [0.15, 0.2) is 0 Å². The van der Waals surface area contributed by atoms with Gasteiger partial charge in [-0.25, -0.2) is 0 Å². The van der Waals surface area contributed by atoms with Gasteiger partial charge in [-0.1, -0.05) is 12.1 Å². The summed E-state index contributed by atoms with van der Waals surface area (Å²) in [6.45, 7) is 0. The van der Waals surface area contributed by atoms with Gasteiger partial charge in [-0.2, -0.15) is 13.2 Å². The maximum absolute atomic E-state index is 12.8. The van der Waals surface area contributed by atoms with E-state index in [1.54, 1.807) is 12.3 Å². The Morgan fingerprint density at radius 1 is 1.04 bits per heavy atom. The highest BCUT2D eigenvalue weighted by Crippen LogP contribution is 2.50. The fourth-order valence-electron chi connectivity index (χ4n) is 3.21. The first-order valence-electron chi connectivity index (χ1n) is 7.99. The molecule has 7 heteroatoms. The molecule has 0 spiro atoms. The zero-order valence-corrected chi connectivity index (χ0v) is 13.4. The monoisotopic (exact) mass is 358 g/mol. The zero-order chi connectivity index (χ0) is 18.5. The Bertz CT molecular complexity index is 1000. The van der Waals surface area contributed by atoms with Crippen molar-refractivity contribution in [3.05, 3.63) is 59.9 Å². The first-order valence-corrected chi connectivity index (χ1v) is 7.99. The average Bonchev–Trinajstić information content (AvgIpc) is 3.41. The molecule has 0 aliphatic heterocycles. The van der Waals surface area contributed by atoms with Crippen LogP contribution in [0.5, 0.6) is 0 Å². The van der Waals surface area contributed by atoms with Gasteiger partial charge in [-0.3, -0.25) is 14.8 Å². The molecule has 1 heterocycles. The van der Waals surface area contributed by atoms with E-state index in [9.17, 15) is 23.1 Å². The second kappa shape index (κ2) is 5.79. The summed E-state index contributed by atoms with van der Waals surface area (Å²) in [6, 6.07) is 8.46. The molecule has 0 amide bonds. The van der Waals surface area contributed by atoms with Crippen LogP contribution in [0.3, 0.4) is 0 Å². The van der Waals surface area contributed by atoms with Crippen molar-refractivity contribution in [2.75, 3.05) is 0 Å². The number of aromatic nitrogens is 2. The van der Waals surface area contributed by atoms with Crippen LogP contribution >= 0.6 is 0 Å². The highest BCUT2D eigenvalue weighted by atomic mass is 19.4. The highest BCUT2D eigenvalue weighted by Gasteiger charge is 2.45. The summed E-state index contributed by atoms with van der Waals surface area (Å²) in [7, 11) is 0. The molecule has 0 unspecified atom stereocenters. The van der Waals surface area contributed by atoms with Crippen LogP contribution in [0, 0.1) is 5.92 Å². The van der Waals surface area contributed by atoms with Crippen LogP contribution in [0.4, 0.5) is 13.2 Å². The molecule has 0 radical (unpaired) electrons. The summed E-state index contributed by atoms with van der Waals surface area (Å²) < 4.78 is 38.3. The van der Waals surface area contributed by atoms with Crippen LogP contribution in [0.15, 0.2) is 48.8 Å². The van der Waals surface area contributed by atoms with E-state index in [1.165, 1.54) is 18.3 Å². The highest BCUT2D eigenvalue weighted by molar-refractivity contribution is 5.87. The van der Waals surface area contributed by atoms with Crippen LogP contribution in [0.2, 0.25) is 0 Å². The Hall–Kier alpha value is -2.96. The molecular formula is C19H13F3N2O2. The number of hydrogen-bond acceptors (Lipinski definition) is 3. The quantitative estimate of drug-likeness (QED) is 0.749. The van der Waals surface area contributed by atoms with Gasteiger partial charge in [0.05, 0.1) is 22.5 Å². The van der Waals surface area contributed by atoms with Crippen molar-refractivity contribution in [3.63, 3.8) is 0 Å². The minimum Gasteiger partial charge on any atom is -0.481 e. The minimum absolute atomic E-state index is 0.152. The van der Waals surface area contributed by atoms with E-state index < -0.39 is 23.6 Å². The molecule has 3 aromatic rings. The average molecular weight is 358 g/mol. The first kappa shape index (κ1) is 16.5. The number of benzene rings is 2. The number of fused-ring (bicyclic) bond motifs is 1. The number of aliphatic carboxylic acids is 1. The lowest BCUT2D eigenvalue weighted by Crippen LogP contribution is -2.04. The molecule has 4 rings (SSSR count). The molecule has 2 aromatic carbocycles. The van der Waals surface area contributed by atoms with Crippen LogP contribution in [0.25, 0.3) is 22.2 Å². The van der Waals surface area contributed by atoms with Gasteiger partial charge in [0, 0.05) is 18.3 Å². The molecule has 1 N–H and O–H groups in total. The standard InChI is InChI=1S/C19H13F3N2O2/c20-19(21,22)12-3-1-10(2-4-12)11-7-14(13-9-15(13)18(25)26)17-16(8-11)23-5-6-24-17/h1-8,13,15H,9H2,(H,25,26)/t13-,15+/m0/s1. The van der Waals surface area contributed by atoms with E-state index in [4.69, 9.17) is 0 Å². The Morgan fingerprint density at radius 2 is 1.73 bits per heavy atom. The molecular weight excluding hydrogens is 345 g/mol. The van der Waals surface area contributed by atoms with Crippen LogP contribution in [-0.4, -0.2) is 21.0 Å². The molecule has 1 saturated carbocycles. The summed E-state index contributed by atoms with van der Waals surface area (Å²) in [5.41, 5.74) is 2.60. The number of hydrogen-bond donors (Lipinski definition) is 1. The molecule has 2 atom stereocenters. The molecule has 1 fully saturated rings. The van der Waals surface area contributed by atoms with E-state index >= 15 is 0 Å². The third kappa shape index (κ3) is 2.89. The van der Waals surface area contributed by atoms with Crippen molar-refractivity contribution in [2.24, 2.45) is 5.92 Å². The number of nitrogens with zero attached hydrogens (tertiary/aromatic N) is 2. The van der Waals surface area contributed by atoms with Crippen molar-refractivity contribution in [1.82, 2.24) is 9.97 Å². The Balaban J connectivity index is 1.80. The summed E-state index contributed by atoms with van der Waals surface area (Å²) in [6.07, 6.45) is -0.787. The third-order valence-corrected chi connectivity index (χ3v) is 4.66. The van der Waals surface area contributed by atoms with Crippen LogP contribution in [-0.2, 0) is 11.0 Å². The normalized spacial score (nSPS) is 19.5. The number of rotatable bonds is 3. The van der Waals surface area contributed by atoms with Gasteiger partial charge in [-0.15, -0.1) is 0 Å². The van der Waals surface area contributed by atoms with E-state index in [-0.39, 0.29) is 5.92 Å². The SMILES string of the molecule is O=C(O)[C@@H]1C[C@H]1c1cc(-c2ccc(C(F)(F)F)cc2)cc2nccnc12. The van der Waals surface area contributed by atoms with Crippen molar-refractivity contribution < 1.29 is 23.1 Å². The lowest BCUT2D eigenvalue weighted by atomic mass is 9.97. The molecule has 1 aliphatic rings. The topological polar surface area (TPSA) is 63.1 Å². The second-order valence-corrected chi connectivity index (χ2v) is 6.35. The van der Waals surface area contributed by atoms with E-state index in [2.05, 4.69) is 9.97 Å². The summed E-state index contributed by atoms with van der Waals surface area (Å²) in [5.74, 6) is -1.46. The largest absolute Gasteiger partial charge is 0.481 e. The molecule has 0 saturated heterocycles. The van der Waals surface area contributed by atoms with Gasteiger partial charge in [0.25, 0.3) is 0 Å². The smallest absolute Gasteiger partial charge is 0.416 e. The third-order valence-electron chi connectivity index (χ3n) is 4.66. The van der Waals surface area contributed by atoms with Gasteiger partial charge in [0.2, 0.25) is 0 Å². The van der Waals surface area contributed by atoms with Crippen molar-refractivity contribution in [1.29, 1.82) is 0 Å². The van der Waals surface area contributed by atoms with Crippen molar-refractivity contribution in [2.45, 2.75) is 18.5 Å². The van der Waals surface area contributed by atoms with Crippen molar-refractivity contribution in [3.8, 4) is 11.1 Å². The predicted octanol–water partition coefficient (Wildman–Crippen LogP) is 4.50. The summed E-state index contributed by atoms with van der Waals surface area (Å²) >= 11 is 0. The van der Waals surface area contributed by atoms with Gasteiger partial charge >= 0.3 is 12.1 Å². The number of carboxylic acid groups (broad SMARTS) is 1. The Kier molecular flexibility index (Phi) is 3.68. The first-order chi connectivity index (χ1) is 12.3. The Labute approximate surface area is 146 Å². The number of halogens is 3. The number of carbonyl (C=O) groups is 1. The lowest BCUT2D eigenvalue weighted by molar-refractivity contribution is -0.139. The maximum Gasteiger partial charge on any atom is 0.416 e. The molecule has 1 aliphatic carbocycles. The van der Waals surface area contributed by atoms with Gasteiger partial charge < -0.3 is 5.11 Å². The molecule has 132 valence electrons. The maximum atomic E-state index is 12.8. The molecule has 26 heavy (non-hydrogen) atoms. The molecule has 4 nitrogen and oxygen atoms in total. The summed E-state index contributed by atoms with van der Waals surface area (Å²) in [5, 5.41) is 9.21. The van der Waals surface area contributed by atoms with E-state index in [0.717, 1.165) is 17.7 Å². The fourth-order valence-corrected chi connectivity index (χ4v) is 3.21. The molecule has 0 bridgehead atoms. The minimum atomic E-state index is -4.39. The molecule has 1 aromatic heterocycles. The van der Waals surface area contributed by atoms with E-state index in [0.29, 0.717) is 28.6 Å². The second-order valence-electron chi connectivity index (χ2n) is 6.35. The zero-order valence-electron chi connectivity index (χ0n) is 13.4. The van der Waals surface area contributed by atoms with Gasteiger partial charge in [-0.05, 0) is 47.4 Å². The van der Waals surface area contributed by atoms with Crippen LogP contribution in [0.1, 0.15) is 23.5 Å². The predicted molar refractivity (Wildman–Crippen MR) is 88.5 cm³/mol.